The second kappa shape index (κ2) is 3.05. The van der Waals surface area contributed by atoms with Gasteiger partial charge in [-0.1, -0.05) is 0 Å². The smallest absolute Gasteiger partial charge is 0.155 e. The van der Waals surface area contributed by atoms with E-state index in [2.05, 4.69) is 5.32 Å². The van der Waals surface area contributed by atoms with Gasteiger partial charge >= 0.3 is 0 Å². The SMILES string of the molecule is CC1OC2CNCC2O1.Cl. The van der Waals surface area contributed by atoms with Crippen molar-refractivity contribution in [3.63, 3.8) is 0 Å². The molecule has 2 aliphatic heterocycles. The molecule has 2 saturated heterocycles. The predicted molar refractivity (Wildman–Crippen MR) is 39.3 cm³/mol. The summed E-state index contributed by atoms with van der Waals surface area (Å²) in [6.45, 7) is 3.85. The van der Waals surface area contributed by atoms with Crippen LogP contribution in [0.2, 0.25) is 0 Å². The summed E-state index contributed by atoms with van der Waals surface area (Å²) in [7, 11) is 0. The Hall–Kier alpha value is 0.170. The zero-order valence-corrected chi connectivity index (χ0v) is 6.69. The molecule has 2 atom stereocenters. The summed E-state index contributed by atoms with van der Waals surface area (Å²) in [5.74, 6) is 0. The molecule has 0 amide bonds. The van der Waals surface area contributed by atoms with E-state index in [1.807, 2.05) is 6.92 Å². The molecule has 10 heavy (non-hydrogen) atoms. The Labute approximate surface area is 66.5 Å². The molecule has 0 bridgehead atoms. The van der Waals surface area contributed by atoms with Crippen LogP contribution in [0.3, 0.4) is 0 Å². The molecule has 2 unspecified atom stereocenters. The van der Waals surface area contributed by atoms with Crippen LogP contribution in [0.4, 0.5) is 0 Å². The largest absolute Gasteiger partial charge is 0.346 e. The fourth-order valence-corrected chi connectivity index (χ4v) is 1.43. The van der Waals surface area contributed by atoms with Crippen LogP contribution in [0.15, 0.2) is 0 Å². The standard InChI is InChI=1S/C6H11NO2.ClH/c1-4-8-5-2-7-3-6(5)9-4;/h4-7H,2-3H2,1H3;1H. The maximum absolute atomic E-state index is 5.40. The third kappa shape index (κ3) is 1.27. The van der Waals surface area contributed by atoms with E-state index in [4.69, 9.17) is 9.47 Å². The zero-order valence-electron chi connectivity index (χ0n) is 5.87. The normalized spacial score (nSPS) is 44.7. The van der Waals surface area contributed by atoms with Gasteiger partial charge in [0, 0.05) is 13.1 Å². The molecule has 2 rings (SSSR count). The van der Waals surface area contributed by atoms with E-state index in [0.717, 1.165) is 13.1 Å². The zero-order chi connectivity index (χ0) is 6.27. The summed E-state index contributed by atoms with van der Waals surface area (Å²) in [6, 6.07) is 0. The topological polar surface area (TPSA) is 30.5 Å². The van der Waals surface area contributed by atoms with Gasteiger partial charge in [-0.25, -0.2) is 0 Å². The van der Waals surface area contributed by atoms with E-state index in [1.165, 1.54) is 0 Å². The van der Waals surface area contributed by atoms with Crippen LogP contribution < -0.4 is 5.32 Å². The Morgan fingerprint density at radius 2 is 1.70 bits per heavy atom. The fourth-order valence-electron chi connectivity index (χ4n) is 1.43. The van der Waals surface area contributed by atoms with E-state index in [0.29, 0.717) is 12.2 Å². The Kier molecular flexibility index (Phi) is 2.52. The van der Waals surface area contributed by atoms with E-state index in [1.54, 1.807) is 0 Å². The van der Waals surface area contributed by atoms with Gasteiger partial charge < -0.3 is 14.8 Å². The van der Waals surface area contributed by atoms with E-state index in [-0.39, 0.29) is 18.7 Å². The van der Waals surface area contributed by atoms with Crippen molar-refractivity contribution in [2.75, 3.05) is 13.1 Å². The highest BCUT2D eigenvalue weighted by Crippen LogP contribution is 2.20. The molecule has 0 saturated carbocycles. The van der Waals surface area contributed by atoms with Crippen LogP contribution >= 0.6 is 12.4 Å². The highest BCUT2D eigenvalue weighted by molar-refractivity contribution is 5.85. The lowest BCUT2D eigenvalue weighted by atomic mass is 10.3. The number of ether oxygens (including phenoxy) is 2. The Morgan fingerprint density at radius 1 is 1.20 bits per heavy atom. The summed E-state index contributed by atoms with van der Waals surface area (Å²) in [4.78, 5) is 0. The van der Waals surface area contributed by atoms with E-state index >= 15 is 0 Å². The highest BCUT2D eigenvalue weighted by atomic mass is 35.5. The molecule has 2 heterocycles. The molecule has 0 radical (unpaired) electrons. The lowest BCUT2D eigenvalue weighted by molar-refractivity contribution is -0.0550. The first-order valence-corrected chi connectivity index (χ1v) is 3.38. The van der Waals surface area contributed by atoms with Gasteiger partial charge in [0.05, 0.1) is 0 Å². The maximum atomic E-state index is 5.40. The Balaban J connectivity index is 0.000000500. The quantitative estimate of drug-likeness (QED) is 0.554. The fraction of sp³-hybridized carbons (Fsp3) is 1.00. The molecule has 60 valence electrons. The Bertz CT molecular complexity index is 110. The molecule has 0 aromatic carbocycles. The van der Waals surface area contributed by atoms with E-state index < -0.39 is 0 Å². The van der Waals surface area contributed by atoms with Crippen molar-refractivity contribution in [1.82, 2.24) is 5.32 Å². The van der Waals surface area contributed by atoms with Gasteiger partial charge in [-0.15, -0.1) is 12.4 Å². The van der Waals surface area contributed by atoms with Gasteiger partial charge in [-0.3, -0.25) is 0 Å². The number of nitrogens with one attached hydrogen (secondary N) is 1. The molecule has 2 aliphatic rings. The van der Waals surface area contributed by atoms with Crippen LogP contribution in [-0.2, 0) is 9.47 Å². The first-order chi connectivity index (χ1) is 4.36. The minimum Gasteiger partial charge on any atom is -0.346 e. The third-order valence-electron chi connectivity index (χ3n) is 1.84. The first kappa shape index (κ1) is 8.27. The number of fused-ring (bicyclic) bond motifs is 1. The van der Waals surface area contributed by atoms with E-state index in [9.17, 15) is 0 Å². The van der Waals surface area contributed by atoms with Crippen LogP contribution in [0.5, 0.6) is 0 Å². The van der Waals surface area contributed by atoms with Gasteiger partial charge in [0.1, 0.15) is 12.2 Å². The summed E-state index contributed by atoms with van der Waals surface area (Å²) >= 11 is 0. The highest BCUT2D eigenvalue weighted by Gasteiger charge is 2.37. The molecule has 2 fully saturated rings. The van der Waals surface area contributed by atoms with Crippen LogP contribution in [0.25, 0.3) is 0 Å². The van der Waals surface area contributed by atoms with Crippen molar-refractivity contribution in [2.45, 2.75) is 25.4 Å². The van der Waals surface area contributed by atoms with Crippen molar-refractivity contribution < 1.29 is 9.47 Å². The molecule has 0 aromatic heterocycles. The molecule has 0 aromatic rings. The minimum atomic E-state index is 0. The van der Waals surface area contributed by atoms with Crippen molar-refractivity contribution in [3.05, 3.63) is 0 Å². The van der Waals surface area contributed by atoms with Gasteiger partial charge in [0.25, 0.3) is 0 Å². The monoisotopic (exact) mass is 165 g/mol. The van der Waals surface area contributed by atoms with Crippen molar-refractivity contribution in [1.29, 1.82) is 0 Å². The average molecular weight is 166 g/mol. The van der Waals surface area contributed by atoms with Gasteiger partial charge in [-0.05, 0) is 6.92 Å². The molecule has 1 N–H and O–H groups in total. The molecule has 3 nitrogen and oxygen atoms in total. The molecule has 0 spiro atoms. The van der Waals surface area contributed by atoms with Crippen molar-refractivity contribution in [3.8, 4) is 0 Å². The lowest BCUT2D eigenvalue weighted by Gasteiger charge is -2.03. The molecule has 0 aliphatic carbocycles. The third-order valence-corrected chi connectivity index (χ3v) is 1.84. The summed E-state index contributed by atoms with van der Waals surface area (Å²) in [5, 5.41) is 3.19. The minimum absolute atomic E-state index is 0. The van der Waals surface area contributed by atoms with Gasteiger partial charge in [-0.2, -0.15) is 0 Å². The second-order valence-electron chi connectivity index (χ2n) is 2.57. The molecule has 4 heteroatoms. The molecular weight excluding hydrogens is 154 g/mol. The molecular formula is C6H12ClNO2. The van der Waals surface area contributed by atoms with Crippen LogP contribution in [0, 0.1) is 0 Å². The summed E-state index contributed by atoms with van der Waals surface area (Å²) < 4.78 is 10.8. The number of hydrogen-bond acceptors (Lipinski definition) is 3. The van der Waals surface area contributed by atoms with Crippen LogP contribution in [0.1, 0.15) is 6.92 Å². The second-order valence-corrected chi connectivity index (χ2v) is 2.57. The van der Waals surface area contributed by atoms with Gasteiger partial charge in [0.15, 0.2) is 6.29 Å². The van der Waals surface area contributed by atoms with Gasteiger partial charge in [0.2, 0.25) is 0 Å². The number of rotatable bonds is 0. The number of halogens is 1. The average Bonchev–Trinajstić information content (AvgIpc) is 2.22. The first-order valence-electron chi connectivity index (χ1n) is 3.38. The van der Waals surface area contributed by atoms with Crippen LogP contribution in [-0.4, -0.2) is 31.6 Å². The summed E-state index contributed by atoms with van der Waals surface area (Å²) in [6.07, 6.45) is 0.655. The summed E-state index contributed by atoms with van der Waals surface area (Å²) in [5.41, 5.74) is 0. The van der Waals surface area contributed by atoms with Crippen molar-refractivity contribution in [2.24, 2.45) is 0 Å². The maximum Gasteiger partial charge on any atom is 0.155 e. The predicted octanol–water partition coefficient (Wildman–Crippen LogP) is 0.141. The van der Waals surface area contributed by atoms with Crippen molar-refractivity contribution >= 4 is 12.4 Å². The number of hydrogen-bond donors (Lipinski definition) is 1. The lowest BCUT2D eigenvalue weighted by Crippen LogP contribution is -2.18. The Morgan fingerprint density at radius 3 is 2.20 bits per heavy atom.